The first kappa shape index (κ1) is 72.4. The van der Waals surface area contributed by atoms with Crippen molar-refractivity contribution in [1.82, 2.24) is 0 Å². The zero-order chi connectivity index (χ0) is 57.5. The van der Waals surface area contributed by atoms with Gasteiger partial charge < -0.3 is 39.0 Å². The molecule has 0 spiro atoms. The van der Waals surface area contributed by atoms with Crippen molar-refractivity contribution in [3.8, 4) is 0 Å². The molecule has 1 rings (SSSR count). The number of allylic oxidation sites excluding steroid dienone is 18. The number of ether oxygens (including phenoxy) is 5. The Labute approximate surface area is 478 Å². The number of aliphatic hydroxyl groups is 2. The third kappa shape index (κ3) is 43.8. The summed E-state index contributed by atoms with van der Waals surface area (Å²) in [7, 11) is 0. The van der Waals surface area contributed by atoms with E-state index in [1.165, 1.54) is 64.2 Å². The van der Waals surface area contributed by atoms with Crippen LogP contribution in [0, 0.1) is 0 Å². The van der Waals surface area contributed by atoms with Gasteiger partial charge in [0, 0.05) is 19.3 Å². The van der Waals surface area contributed by atoms with Gasteiger partial charge in [0.05, 0.1) is 6.61 Å². The molecule has 12 heteroatoms. The predicted octanol–water partition coefficient (Wildman–Crippen LogP) is 16.2. The molecule has 1 saturated heterocycles. The third-order valence-electron chi connectivity index (χ3n) is 13.3. The second-order valence-electron chi connectivity index (χ2n) is 20.6. The Morgan fingerprint density at radius 3 is 1.29 bits per heavy atom. The van der Waals surface area contributed by atoms with Crippen molar-refractivity contribution >= 4 is 23.9 Å². The number of carbonyl (C=O) groups excluding carboxylic acids is 3. The van der Waals surface area contributed by atoms with E-state index in [-0.39, 0.29) is 25.9 Å². The SMILES string of the molecule is CC/C=C\C/C=C\C/C=C\C/C=C\C/C=C\C/C=C\CCC(=O)OCC(COC1OC(C(=O)O)C(O)C(O)C1OC(=O)CCCCCCCC/C=C\C/C=C\C/C=C\CCCCC)OC(=O)CCCCCCCCCCCCC. The van der Waals surface area contributed by atoms with E-state index in [1.54, 1.807) is 0 Å². The fourth-order valence-electron chi connectivity index (χ4n) is 8.64. The van der Waals surface area contributed by atoms with E-state index >= 15 is 0 Å². The molecular weight excluding hydrogens is 997 g/mol. The Hall–Kier alpha value is -4.62. The van der Waals surface area contributed by atoms with Crippen molar-refractivity contribution in [3.05, 3.63) is 109 Å². The van der Waals surface area contributed by atoms with E-state index in [0.29, 0.717) is 19.3 Å². The van der Waals surface area contributed by atoms with Crippen molar-refractivity contribution in [3.63, 3.8) is 0 Å². The highest BCUT2D eigenvalue weighted by Gasteiger charge is 2.50. The molecule has 12 nitrogen and oxygen atoms in total. The summed E-state index contributed by atoms with van der Waals surface area (Å²) in [5.41, 5.74) is 0. The average molecular weight is 1110 g/mol. The van der Waals surface area contributed by atoms with Crippen LogP contribution < -0.4 is 0 Å². The molecule has 0 amide bonds. The second kappa shape index (κ2) is 54.0. The maximum atomic E-state index is 13.1. The summed E-state index contributed by atoms with van der Waals surface area (Å²) < 4.78 is 28.4. The second-order valence-corrected chi connectivity index (χ2v) is 20.6. The van der Waals surface area contributed by atoms with Crippen LogP contribution in [-0.4, -0.2) is 89.2 Å². The Morgan fingerprint density at radius 1 is 0.430 bits per heavy atom. The summed E-state index contributed by atoms with van der Waals surface area (Å²) in [4.78, 5) is 51.1. The fourth-order valence-corrected chi connectivity index (χ4v) is 8.64. The minimum atomic E-state index is -1.92. The van der Waals surface area contributed by atoms with E-state index in [1.807, 2.05) is 12.2 Å². The molecule has 0 aromatic carbocycles. The van der Waals surface area contributed by atoms with E-state index in [2.05, 4.69) is 118 Å². The standard InChI is InChI=1S/C67H108O12/c1-4-7-10-13-16-19-22-24-26-28-30-32-34-36-39-41-44-47-50-53-59(68)75-56-58(77-60(69)54-51-48-45-42-38-21-18-15-12-9-6-3)57-76-67-65(63(72)62(71)64(79-67)66(73)74)78-61(70)55-52-49-46-43-40-37-35-33-31-29-27-25-23-20-17-14-11-8-5-2/h7,10,16-17,19-20,24-27,30-33,36,39,44,47,58,62-65,67,71-72H,4-6,8-9,11-15,18,21-23,28-29,34-35,37-38,40-43,45-46,48-57H2,1-3H3,(H,73,74)/b10-7-,19-16-,20-17-,26-24-,27-25-,32-30-,33-31-,39-36-,47-44-. The minimum absolute atomic E-state index is 0.0348. The number of unbranched alkanes of at least 4 members (excludes halogenated alkanes) is 19. The smallest absolute Gasteiger partial charge is 0.335 e. The number of aliphatic hydroxyl groups excluding tert-OH is 2. The predicted molar refractivity (Wildman–Crippen MR) is 321 cm³/mol. The molecule has 6 unspecified atom stereocenters. The first-order valence-electron chi connectivity index (χ1n) is 30.9. The van der Waals surface area contributed by atoms with Crippen LogP contribution in [0.1, 0.15) is 239 Å². The van der Waals surface area contributed by atoms with Crippen LogP contribution in [-0.2, 0) is 42.9 Å². The Balaban J connectivity index is 2.70. The molecule has 0 bridgehead atoms. The van der Waals surface area contributed by atoms with Gasteiger partial charge in [0.15, 0.2) is 24.6 Å². The van der Waals surface area contributed by atoms with Crippen LogP contribution in [0.25, 0.3) is 0 Å². The Morgan fingerprint density at radius 2 is 0.823 bits per heavy atom. The van der Waals surface area contributed by atoms with E-state index in [9.17, 15) is 34.5 Å². The van der Waals surface area contributed by atoms with Crippen molar-refractivity contribution < 1.29 is 58.2 Å². The van der Waals surface area contributed by atoms with Crippen LogP contribution in [0.15, 0.2) is 109 Å². The number of hydrogen-bond donors (Lipinski definition) is 3. The zero-order valence-electron chi connectivity index (χ0n) is 49.3. The monoisotopic (exact) mass is 1100 g/mol. The van der Waals surface area contributed by atoms with E-state index in [4.69, 9.17) is 23.7 Å². The van der Waals surface area contributed by atoms with Crippen molar-refractivity contribution in [2.45, 2.75) is 276 Å². The number of aliphatic carboxylic acids is 1. The molecule has 448 valence electrons. The first-order valence-corrected chi connectivity index (χ1v) is 30.9. The zero-order valence-corrected chi connectivity index (χ0v) is 49.3. The van der Waals surface area contributed by atoms with Gasteiger partial charge in [-0.3, -0.25) is 14.4 Å². The van der Waals surface area contributed by atoms with Gasteiger partial charge in [0.1, 0.15) is 18.8 Å². The maximum absolute atomic E-state index is 13.1. The third-order valence-corrected chi connectivity index (χ3v) is 13.3. The van der Waals surface area contributed by atoms with E-state index in [0.717, 1.165) is 116 Å². The van der Waals surface area contributed by atoms with Gasteiger partial charge in [-0.05, 0) is 96.3 Å². The van der Waals surface area contributed by atoms with Gasteiger partial charge in [-0.2, -0.15) is 0 Å². The molecule has 1 heterocycles. The van der Waals surface area contributed by atoms with Crippen molar-refractivity contribution in [1.29, 1.82) is 0 Å². The van der Waals surface area contributed by atoms with Gasteiger partial charge in [-0.25, -0.2) is 4.79 Å². The molecule has 1 fully saturated rings. The summed E-state index contributed by atoms with van der Waals surface area (Å²) in [5, 5.41) is 31.5. The molecule has 0 aromatic heterocycles. The van der Waals surface area contributed by atoms with Crippen molar-refractivity contribution in [2.75, 3.05) is 13.2 Å². The molecule has 0 radical (unpaired) electrons. The normalized spacial score (nSPS) is 18.6. The topological polar surface area (TPSA) is 175 Å². The molecule has 0 aliphatic carbocycles. The van der Waals surface area contributed by atoms with Gasteiger partial charge >= 0.3 is 23.9 Å². The molecular formula is C67H108O12. The summed E-state index contributed by atoms with van der Waals surface area (Å²) in [5.74, 6) is -3.25. The lowest BCUT2D eigenvalue weighted by Crippen LogP contribution is -2.61. The van der Waals surface area contributed by atoms with Crippen LogP contribution in [0.3, 0.4) is 0 Å². The molecule has 1 aliphatic rings. The van der Waals surface area contributed by atoms with E-state index < -0.39 is 67.3 Å². The molecule has 6 atom stereocenters. The lowest BCUT2D eigenvalue weighted by Gasteiger charge is -2.40. The number of esters is 3. The Kier molecular flexibility index (Phi) is 49.5. The highest BCUT2D eigenvalue weighted by molar-refractivity contribution is 5.74. The number of carbonyl (C=O) groups is 4. The molecule has 1 aliphatic heterocycles. The van der Waals surface area contributed by atoms with Crippen LogP contribution in [0.4, 0.5) is 0 Å². The Bertz CT molecular complexity index is 1790. The van der Waals surface area contributed by atoms with Crippen LogP contribution in [0.2, 0.25) is 0 Å². The van der Waals surface area contributed by atoms with Gasteiger partial charge in [0.2, 0.25) is 0 Å². The number of carboxylic acids is 1. The summed E-state index contributed by atoms with van der Waals surface area (Å²) in [6.07, 6.45) is 60.6. The summed E-state index contributed by atoms with van der Waals surface area (Å²) >= 11 is 0. The quantitative estimate of drug-likeness (QED) is 0.0228. The molecule has 3 N–H and O–H groups in total. The van der Waals surface area contributed by atoms with Gasteiger partial charge in [-0.15, -0.1) is 0 Å². The average Bonchev–Trinajstić information content (AvgIpc) is 3.48. The molecule has 0 aromatic rings. The lowest BCUT2D eigenvalue weighted by atomic mass is 9.98. The van der Waals surface area contributed by atoms with Gasteiger partial charge in [0.25, 0.3) is 0 Å². The van der Waals surface area contributed by atoms with Crippen LogP contribution >= 0.6 is 0 Å². The number of hydrogen-bond acceptors (Lipinski definition) is 11. The molecule has 0 saturated carbocycles. The largest absolute Gasteiger partial charge is 0.479 e. The van der Waals surface area contributed by atoms with Crippen molar-refractivity contribution in [2.24, 2.45) is 0 Å². The fraction of sp³-hybridized carbons (Fsp3) is 0.672. The van der Waals surface area contributed by atoms with Gasteiger partial charge in [-0.1, -0.05) is 233 Å². The highest BCUT2D eigenvalue weighted by Crippen LogP contribution is 2.26. The maximum Gasteiger partial charge on any atom is 0.335 e. The minimum Gasteiger partial charge on any atom is -0.479 e. The molecule has 79 heavy (non-hydrogen) atoms. The highest BCUT2D eigenvalue weighted by atomic mass is 16.7. The summed E-state index contributed by atoms with van der Waals surface area (Å²) in [6, 6.07) is 0. The summed E-state index contributed by atoms with van der Waals surface area (Å²) in [6.45, 7) is 5.77. The lowest BCUT2D eigenvalue weighted by molar-refractivity contribution is -0.301. The number of carboxylic acid groups (broad SMARTS) is 1. The van der Waals surface area contributed by atoms with Crippen LogP contribution in [0.5, 0.6) is 0 Å². The number of rotatable bonds is 51. The first-order chi connectivity index (χ1) is 38.6.